The highest BCUT2D eigenvalue weighted by Crippen LogP contribution is 2.13. The van der Waals surface area contributed by atoms with Crippen LogP contribution < -0.4 is 0 Å². The molecule has 0 spiro atoms. The molecule has 3 nitrogen and oxygen atoms in total. The van der Waals surface area contributed by atoms with E-state index in [0.717, 1.165) is 5.75 Å². The van der Waals surface area contributed by atoms with Crippen LogP contribution in [0.3, 0.4) is 0 Å². The van der Waals surface area contributed by atoms with Crippen LogP contribution in [0.4, 0.5) is 0 Å². The molecule has 14 heavy (non-hydrogen) atoms. The molecule has 5 heteroatoms. The first kappa shape index (κ1) is 9.55. The van der Waals surface area contributed by atoms with Gasteiger partial charge in [0.15, 0.2) is 0 Å². The van der Waals surface area contributed by atoms with Gasteiger partial charge in [-0.05, 0) is 29.1 Å². The summed E-state index contributed by atoms with van der Waals surface area (Å²) in [5.74, 6) is 0.862. The zero-order valence-corrected chi connectivity index (χ0v) is 8.87. The average molecular weight is 226 g/mol. The SMILES string of the molecule is Clc1ncn(SCc2ccccc2)n1. The maximum absolute atomic E-state index is 5.59. The van der Waals surface area contributed by atoms with E-state index in [1.54, 1.807) is 22.4 Å². The van der Waals surface area contributed by atoms with E-state index in [1.165, 1.54) is 5.56 Å². The summed E-state index contributed by atoms with van der Waals surface area (Å²) in [7, 11) is 0. The third-order valence-electron chi connectivity index (χ3n) is 1.65. The molecule has 0 fully saturated rings. The molecule has 0 N–H and O–H groups in total. The number of nitrogens with zero attached hydrogens (tertiary/aromatic N) is 3. The molecule has 2 rings (SSSR count). The van der Waals surface area contributed by atoms with Gasteiger partial charge < -0.3 is 0 Å². The number of halogens is 1. The van der Waals surface area contributed by atoms with Crippen molar-refractivity contribution in [2.75, 3.05) is 0 Å². The van der Waals surface area contributed by atoms with Gasteiger partial charge in [-0.1, -0.05) is 30.3 Å². The fraction of sp³-hybridized carbons (Fsp3) is 0.111. The summed E-state index contributed by atoms with van der Waals surface area (Å²) in [5.41, 5.74) is 1.25. The van der Waals surface area contributed by atoms with Crippen LogP contribution in [0.5, 0.6) is 0 Å². The minimum Gasteiger partial charge on any atom is -0.204 e. The van der Waals surface area contributed by atoms with Crippen LogP contribution in [0.25, 0.3) is 0 Å². The van der Waals surface area contributed by atoms with Crippen LogP contribution in [-0.2, 0) is 5.75 Å². The lowest BCUT2D eigenvalue weighted by Gasteiger charge is -1.99. The van der Waals surface area contributed by atoms with Crippen molar-refractivity contribution in [3.8, 4) is 0 Å². The van der Waals surface area contributed by atoms with Crippen molar-refractivity contribution in [1.29, 1.82) is 0 Å². The van der Waals surface area contributed by atoms with E-state index in [4.69, 9.17) is 11.6 Å². The molecule has 0 amide bonds. The fourth-order valence-corrected chi connectivity index (χ4v) is 1.90. The lowest BCUT2D eigenvalue weighted by Crippen LogP contribution is -1.88. The molecule has 0 saturated carbocycles. The van der Waals surface area contributed by atoms with Gasteiger partial charge in [0, 0.05) is 5.75 Å². The smallest absolute Gasteiger partial charge is 0.204 e. The summed E-state index contributed by atoms with van der Waals surface area (Å²) in [6.45, 7) is 0. The Labute approximate surface area is 91.2 Å². The van der Waals surface area contributed by atoms with Crippen molar-refractivity contribution < 1.29 is 0 Å². The van der Waals surface area contributed by atoms with E-state index in [2.05, 4.69) is 22.2 Å². The normalized spacial score (nSPS) is 10.4. The fourth-order valence-electron chi connectivity index (χ4n) is 1.01. The first-order valence-electron chi connectivity index (χ1n) is 4.09. The molecule has 0 aliphatic carbocycles. The van der Waals surface area contributed by atoms with E-state index in [0.29, 0.717) is 0 Å². The standard InChI is InChI=1S/C9H8ClN3S/c10-9-11-7-13(12-9)14-6-8-4-2-1-3-5-8/h1-5,7H,6H2. The van der Waals surface area contributed by atoms with Crippen LogP contribution in [0.2, 0.25) is 5.28 Å². The molecular weight excluding hydrogens is 218 g/mol. The summed E-state index contributed by atoms with van der Waals surface area (Å²) in [6, 6.07) is 10.2. The van der Waals surface area contributed by atoms with Crippen molar-refractivity contribution in [2.45, 2.75) is 5.75 Å². The van der Waals surface area contributed by atoms with Crippen molar-refractivity contribution in [3.05, 3.63) is 47.5 Å². The van der Waals surface area contributed by atoms with Gasteiger partial charge in [0.2, 0.25) is 5.28 Å². The van der Waals surface area contributed by atoms with Crippen molar-refractivity contribution >= 4 is 23.5 Å². The molecule has 72 valence electrons. The lowest BCUT2D eigenvalue weighted by atomic mass is 10.2. The third-order valence-corrected chi connectivity index (χ3v) is 2.73. The Kier molecular flexibility index (Phi) is 3.06. The Morgan fingerprint density at radius 3 is 2.71 bits per heavy atom. The average Bonchev–Trinajstić information content (AvgIpc) is 2.63. The van der Waals surface area contributed by atoms with E-state index in [1.807, 2.05) is 18.2 Å². The molecule has 0 atom stereocenters. The summed E-state index contributed by atoms with van der Waals surface area (Å²) in [5, 5.41) is 4.24. The lowest BCUT2D eigenvalue weighted by molar-refractivity contribution is 1.01. The van der Waals surface area contributed by atoms with Gasteiger partial charge in [-0.15, -0.1) is 5.10 Å². The quantitative estimate of drug-likeness (QED) is 0.805. The molecule has 0 aliphatic rings. The Hall–Kier alpha value is -1.00. The molecule has 2 aromatic rings. The minimum atomic E-state index is 0.283. The van der Waals surface area contributed by atoms with Crippen LogP contribution >= 0.6 is 23.5 Å². The maximum atomic E-state index is 5.59. The molecule has 1 aromatic heterocycles. The van der Waals surface area contributed by atoms with Gasteiger partial charge >= 0.3 is 0 Å². The molecule has 0 saturated heterocycles. The number of hydrogen-bond donors (Lipinski definition) is 0. The second kappa shape index (κ2) is 4.48. The number of rotatable bonds is 3. The number of aromatic nitrogens is 3. The van der Waals surface area contributed by atoms with E-state index in [-0.39, 0.29) is 5.28 Å². The van der Waals surface area contributed by atoms with Crippen LogP contribution in [0.1, 0.15) is 5.56 Å². The molecule has 1 heterocycles. The van der Waals surface area contributed by atoms with Crippen LogP contribution in [0, 0.1) is 0 Å². The summed E-state index contributed by atoms with van der Waals surface area (Å²) in [6.07, 6.45) is 1.61. The second-order valence-electron chi connectivity index (χ2n) is 2.68. The highest BCUT2D eigenvalue weighted by Gasteiger charge is 1.97. The predicted octanol–water partition coefficient (Wildman–Crippen LogP) is 2.63. The van der Waals surface area contributed by atoms with Gasteiger partial charge in [0.05, 0.1) is 0 Å². The van der Waals surface area contributed by atoms with E-state index >= 15 is 0 Å². The number of hydrogen-bond acceptors (Lipinski definition) is 3. The molecule has 0 aliphatic heterocycles. The Bertz CT molecular complexity index is 401. The Balaban J connectivity index is 1.95. The monoisotopic (exact) mass is 225 g/mol. The Morgan fingerprint density at radius 1 is 1.29 bits per heavy atom. The summed E-state index contributed by atoms with van der Waals surface area (Å²) >= 11 is 7.14. The van der Waals surface area contributed by atoms with Crippen LogP contribution in [-0.4, -0.2) is 14.2 Å². The first-order chi connectivity index (χ1) is 6.84. The summed E-state index contributed by atoms with van der Waals surface area (Å²) < 4.78 is 1.66. The van der Waals surface area contributed by atoms with E-state index < -0.39 is 0 Å². The molecule has 0 bridgehead atoms. The van der Waals surface area contributed by atoms with Gasteiger partial charge in [-0.25, -0.2) is 4.98 Å². The van der Waals surface area contributed by atoms with Crippen molar-refractivity contribution in [2.24, 2.45) is 0 Å². The summed E-state index contributed by atoms with van der Waals surface area (Å²) in [4.78, 5) is 3.83. The van der Waals surface area contributed by atoms with E-state index in [9.17, 15) is 0 Å². The number of benzene rings is 1. The van der Waals surface area contributed by atoms with Gasteiger partial charge in [-0.2, -0.15) is 4.09 Å². The maximum Gasteiger partial charge on any atom is 0.243 e. The third kappa shape index (κ3) is 2.49. The minimum absolute atomic E-state index is 0.283. The van der Waals surface area contributed by atoms with Crippen LogP contribution in [0.15, 0.2) is 36.7 Å². The predicted molar refractivity (Wildman–Crippen MR) is 58.2 cm³/mol. The molecule has 1 aromatic carbocycles. The van der Waals surface area contributed by atoms with Crippen molar-refractivity contribution in [1.82, 2.24) is 14.2 Å². The topological polar surface area (TPSA) is 30.7 Å². The largest absolute Gasteiger partial charge is 0.243 e. The molecule has 0 unspecified atom stereocenters. The highest BCUT2D eigenvalue weighted by atomic mass is 35.5. The second-order valence-corrected chi connectivity index (χ2v) is 3.93. The Morgan fingerprint density at radius 2 is 2.07 bits per heavy atom. The zero-order chi connectivity index (χ0) is 9.80. The van der Waals surface area contributed by atoms with Gasteiger partial charge in [-0.3, -0.25) is 0 Å². The van der Waals surface area contributed by atoms with Gasteiger partial charge in [0.25, 0.3) is 0 Å². The van der Waals surface area contributed by atoms with Gasteiger partial charge in [0.1, 0.15) is 6.33 Å². The highest BCUT2D eigenvalue weighted by molar-refractivity contribution is 7.96. The zero-order valence-electron chi connectivity index (χ0n) is 7.30. The molecule has 0 radical (unpaired) electrons. The van der Waals surface area contributed by atoms with Crippen molar-refractivity contribution in [3.63, 3.8) is 0 Å². The molecular formula is C9H8ClN3S. The first-order valence-corrected chi connectivity index (χ1v) is 5.41.